The molecule has 1 amide bonds. The van der Waals surface area contributed by atoms with E-state index in [-0.39, 0.29) is 12.5 Å². The molecule has 0 radical (unpaired) electrons. The van der Waals surface area contributed by atoms with Gasteiger partial charge in [0, 0.05) is 5.02 Å². The first-order chi connectivity index (χ1) is 14.9. The van der Waals surface area contributed by atoms with Crippen LogP contribution in [-0.4, -0.2) is 24.7 Å². The Morgan fingerprint density at radius 3 is 2.48 bits per heavy atom. The molecule has 7 heteroatoms. The molecule has 0 fully saturated rings. The zero-order chi connectivity index (χ0) is 22.2. The summed E-state index contributed by atoms with van der Waals surface area (Å²) in [7, 11) is 0. The molecule has 0 aliphatic heterocycles. The van der Waals surface area contributed by atoms with Gasteiger partial charge in [0.25, 0.3) is 5.91 Å². The Morgan fingerprint density at radius 2 is 1.74 bits per heavy atom. The van der Waals surface area contributed by atoms with Crippen molar-refractivity contribution in [1.29, 1.82) is 0 Å². The van der Waals surface area contributed by atoms with E-state index in [0.29, 0.717) is 27.6 Å². The Hall–Kier alpha value is -3.64. The highest BCUT2D eigenvalue weighted by Crippen LogP contribution is 2.17. The molecule has 3 rings (SSSR count). The van der Waals surface area contributed by atoms with Gasteiger partial charge in [-0.05, 0) is 79.1 Å². The summed E-state index contributed by atoms with van der Waals surface area (Å²) in [5, 5.41) is 4.45. The summed E-state index contributed by atoms with van der Waals surface area (Å²) in [5.41, 5.74) is 5.69. The number of rotatable bonds is 7. The van der Waals surface area contributed by atoms with Crippen molar-refractivity contribution in [2.45, 2.75) is 13.8 Å². The summed E-state index contributed by atoms with van der Waals surface area (Å²) in [6.45, 7) is 3.83. The quantitative estimate of drug-likeness (QED) is 0.252. The smallest absolute Gasteiger partial charge is 0.343 e. The second-order valence-electron chi connectivity index (χ2n) is 6.80. The zero-order valence-electron chi connectivity index (χ0n) is 17.1. The van der Waals surface area contributed by atoms with E-state index in [1.54, 1.807) is 48.5 Å². The molecular weight excluding hydrogens is 416 g/mol. The largest absolute Gasteiger partial charge is 0.484 e. The number of ether oxygens (including phenoxy) is 2. The van der Waals surface area contributed by atoms with Crippen molar-refractivity contribution in [2.24, 2.45) is 5.10 Å². The van der Waals surface area contributed by atoms with Gasteiger partial charge in [0.1, 0.15) is 11.5 Å². The minimum atomic E-state index is -0.498. The molecule has 158 valence electrons. The molecule has 0 aliphatic carbocycles. The summed E-state index contributed by atoms with van der Waals surface area (Å²) < 4.78 is 10.8. The van der Waals surface area contributed by atoms with Crippen molar-refractivity contribution < 1.29 is 19.1 Å². The number of aryl methyl sites for hydroxylation is 2. The van der Waals surface area contributed by atoms with Crippen molar-refractivity contribution >= 4 is 29.7 Å². The van der Waals surface area contributed by atoms with Crippen molar-refractivity contribution in [3.63, 3.8) is 0 Å². The predicted octanol–water partition coefficient (Wildman–Crippen LogP) is 4.71. The van der Waals surface area contributed by atoms with Crippen LogP contribution in [0.1, 0.15) is 27.0 Å². The normalized spacial score (nSPS) is 10.7. The summed E-state index contributed by atoms with van der Waals surface area (Å²) in [5.74, 6) is 0.0908. The van der Waals surface area contributed by atoms with Gasteiger partial charge in [0.2, 0.25) is 0 Å². The highest BCUT2D eigenvalue weighted by atomic mass is 35.5. The molecule has 0 spiro atoms. The van der Waals surface area contributed by atoms with Crippen LogP contribution in [-0.2, 0) is 4.79 Å². The van der Waals surface area contributed by atoms with Gasteiger partial charge in [-0.2, -0.15) is 5.10 Å². The van der Waals surface area contributed by atoms with Gasteiger partial charge in [-0.15, -0.1) is 0 Å². The molecule has 0 saturated carbocycles. The number of benzene rings is 3. The average Bonchev–Trinajstić information content (AvgIpc) is 2.75. The second-order valence-corrected chi connectivity index (χ2v) is 7.23. The van der Waals surface area contributed by atoms with E-state index in [1.807, 2.05) is 32.0 Å². The monoisotopic (exact) mass is 436 g/mol. The van der Waals surface area contributed by atoms with Crippen LogP contribution in [0.4, 0.5) is 0 Å². The number of carbonyl (C=O) groups excluding carboxylic acids is 2. The van der Waals surface area contributed by atoms with Gasteiger partial charge in [0.05, 0.1) is 11.8 Å². The lowest BCUT2D eigenvalue weighted by Crippen LogP contribution is -2.24. The van der Waals surface area contributed by atoms with Crippen LogP contribution in [0.2, 0.25) is 5.02 Å². The molecule has 0 atom stereocenters. The molecule has 0 aromatic heterocycles. The molecule has 0 unspecified atom stereocenters. The molecule has 3 aromatic carbocycles. The van der Waals surface area contributed by atoms with Crippen molar-refractivity contribution in [2.75, 3.05) is 6.61 Å². The van der Waals surface area contributed by atoms with Gasteiger partial charge in [0.15, 0.2) is 6.61 Å². The van der Waals surface area contributed by atoms with E-state index >= 15 is 0 Å². The first kappa shape index (κ1) is 22.1. The fourth-order valence-electron chi connectivity index (χ4n) is 2.57. The SMILES string of the molecule is Cc1ccc(OCC(=O)N/N=C/c2cccc(OC(=O)c3ccc(Cl)cc3)c2)cc1C. The molecule has 1 N–H and O–H groups in total. The van der Waals surface area contributed by atoms with Crippen LogP contribution in [0, 0.1) is 13.8 Å². The minimum absolute atomic E-state index is 0.154. The van der Waals surface area contributed by atoms with Crippen molar-refractivity contribution in [1.82, 2.24) is 5.43 Å². The third-order valence-electron chi connectivity index (χ3n) is 4.40. The minimum Gasteiger partial charge on any atom is -0.484 e. The molecule has 0 aliphatic rings. The maximum Gasteiger partial charge on any atom is 0.343 e. The topological polar surface area (TPSA) is 77.0 Å². The first-order valence-corrected chi connectivity index (χ1v) is 9.88. The van der Waals surface area contributed by atoms with Crippen LogP contribution < -0.4 is 14.9 Å². The Labute approximate surface area is 185 Å². The zero-order valence-corrected chi connectivity index (χ0v) is 17.8. The number of nitrogens with zero attached hydrogens (tertiary/aromatic N) is 1. The molecule has 0 heterocycles. The highest BCUT2D eigenvalue weighted by molar-refractivity contribution is 6.30. The molecule has 0 saturated heterocycles. The van der Waals surface area contributed by atoms with Gasteiger partial charge in [-0.3, -0.25) is 4.79 Å². The Kier molecular flexibility index (Phi) is 7.40. The predicted molar refractivity (Wildman–Crippen MR) is 120 cm³/mol. The number of hydrazone groups is 1. The van der Waals surface area contributed by atoms with E-state index in [9.17, 15) is 9.59 Å². The van der Waals surface area contributed by atoms with Gasteiger partial charge in [-0.1, -0.05) is 29.8 Å². The van der Waals surface area contributed by atoms with Gasteiger partial charge >= 0.3 is 5.97 Å². The van der Waals surface area contributed by atoms with E-state index in [2.05, 4.69) is 10.5 Å². The molecule has 6 nitrogen and oxygen atoms in total. The summed E-state index contributed by atoms with van der Waals surface area (Å²) in [6, 6.07) is 18.8. The summed E-state index contributed by atoms with van der Waals surface area (Å²) >= 11 is 5.83. The van der Waals surface area contributed by atoms with E-state index in [4.69, 9.17) is 21.1 Å². The van der Waals surface area contributed by atoms with Crippen LogP contribution in [0.15, 0.2) is 71.8 Å². The van der Waals surface area contributed by atoms with Crippen molar-refractivity contribution in [3.8, 4) is 11.5 Å². The molecule has 31 heavy (non-hydrogen) atoms. The highest BCUT2D eigenvalue weighted by Gasteiger charge is 2.08. The van der Waals surface area contributed by atoms with E-state index in [0.717, 1.165) is 11.1 Å². The maximum absolute atomic E-state index is 12.2. The van der Waals surface area contributed by atoms with Crippen LogP contribution in [0.25, 0.3) is 0 Å². The van der Waals surface area contributed by atoms with Crippen LogP contribution in [0.3, 0.4) is 0 Å². The van der Waals surface area contributed by atoms with Crippen LogP contribution in [0.5, 0.6) is 11.5 Å². The lowest BCUT2D eigenvalue weighted by molar-refractivity contribution is -0.123. The standard InChI is InChI=1S/C24H21ClN2O4/c1-16-6-11-21(12-17(16)2)30-15-23(28)27-26-14-18-4-3-5-22(13-18)31-24(29)19-7-9-20(25)10-8-19/h3-14H,15H2,1-2H3,(H,27,28)/b26-14+. The lowest BCUT2D eigenvalue weighted by atomic mass is 10.1. The van der Waals surface area contributed by atoms with Gasteiger partial charge < -0.3 is 9.47 Å². The number of hydrogen-bond donors (Lipinski definition) is 1. The second kappa shape index (κ2) is 10.4. The van der Waals surface area contributed by atoms with Crippen molar-refractivity contribution in [3.05, 3.63) is 94.0 Å². The van der Waals surface area contributed by atoms with E-state index in [1.165, 1.54) is 6.21 Å². The third kappa shape index (κ3) is 6.69. The van der Waals surface area contributed by atoms with E-state index < -0.39 is 5.97 Å². The maximum atomic E-state index is 12.2. The number of halogens is 1. The molecule has 0 bridgehead atoms. The van der Waals surface area contributed by atoms with Crippen LogP contribution >= 0.6 is 11.6 Å². The Balaban J connectivity index is 1.51. The number of amides is 1. The summed E-state index contributed by atoms with van der Waals surface area (Å²) in [6.07, 6.45) is 1.45. The Morgan fingerprint density at radius 1 is 0.968 bits per heavy atom. The lowest BCUT2D eigenvalue weighted by Gasteiger charge is -2.07. The summed E-state index contributed by atoms with van der Waals surface area (Å²) in [4.78, 5) is 24.1. The number of nitrogens with one attached hydrogen (secondary N) is 1. The Bertz CT molecular complexity index is 1110. The first-order valence-electron chi connectivity index (χ1n) is 9.50. The third-order valence-corrected chi connectivity index (χ3v) is 4.65. The fourth-order valence-corrected chi connectivity index (χ4v) is 2.70. The number of esters is 1. The van der Waals surface area contributed by atoms with Gasteiger partial charge in [-0.25, -0.2) is 10.2 Å². The fraction of sp³-hybridized carbons (Fsp3) is 0.125. The average molecular weight is 437 g/mol. The molecule has 3 aromatic rings. The molecular formula is C24H21ClN2O4. The number of carbonyl (C=O) groups is 2. The number of hydrogen-bond acceptors (Lipinski definition) is 5.